The molecule has 0 spiro atoms. The summed E-state index contributed by atoms with van der Waals surface area (Å²) in [5.74, 6) is -2.07. The van der Waals surface area contributed by atoms with Gasteiger partial charge in [0.15, 0.2) is 0 Å². The lowest BCUT2D eigenvalue weighted by Crippen LogP contribution is -2.13. The fraction of sp³-hybridized carbons (Fsp3) is 0.500. The Balaban J connectivity index is 2.96. The van der Waals surface area contributed by atoms with Crippen LogP contribution >= 0.6 is 7.37 Å². The molecule has 1 rings (SSSR count). The van der Waals surface area contributed by atoms with Gasteiger partial charge in [0.05, 0.1) is 6.10 Å². The molecule has 120 valence electrons. The predicted octanol–water partition coefficient (Wildman–Crippen LogP) is 3.35. The van der Waals surface area contributed by atoms with Crippen molar-refractivity contribution >= 4 is 17.5 Å². The van der Waals surface area contributed by atoms with Gasteiger partial charge in [0, 0.05) is 6.16 Å². The molecule has 0 aromatic heterocycles. The maximum atomic E-state index is 13.5. The summed E-state index contributed by atoms with van der Waals surface area (Å²) < 4.78 is 72.2. The van der Waals surface area contributed by atoms with Gasteiger partial charge in [-0.2, -0.15) is 8.42 Å². The van der Waals surface area contributed by atoms with E-state index in [-0.39, 0.29) is 12.3 Å². The van der Waals surface area contributed by atoms with Crippen LogP contribution in [0.5, 0.6) is 0 Å². The lowest BCUT2D eigenvalue weighted by Gasteiger charge is -2.19. The first-order valence-electron chi connectivity index (χ1n) is 6.20. The molecule has 0 aliphatic rings. The fourth-order valence-corrected chi connectivity index (χ4v) is 4.51. The van der Waals surface area contributed by atoms with E-state index in [1.807, 2.05) is 0 Å². The van der Waals surface area contributed by atoms with Gasteiger partial charge in [-0.05, 0) is 32.0 Å². The monoisotopic (exact) mass is 342 g/mol. The number of halogens is 2. The third-order valence-electron chi connectivity index (χ3n) is 2.45. The molecule has 1 unspecified atom stereocenters. The normalized spacial score (nSPS) is 15.1. The first-order valence-corrected chi connectivity index (χ1v) is 9.61. The van der Waals surface area contributed by atoms with Crippen molar-refractivity contribution < 1.29 is 30.5 Å². The molecule has 21 heavy (non-hydrogen) atoms. The molecule has 0 saturated carbocycles. The lowest BCUT2D eigenvalue weighted by molar-refractivity contribution is 0.228. The minimum Gasteiger partial charge on any atom is -0.324 e. The topological polar surface area (TPSA) is 69.7 Å². The largest absolute Gasteiger partial charge is 0.324 e. The summed E-state index contributed by atoms with van der Waals surface area (Å²) in [5.41, 5.74) is 0. The molecule has 1 atom stereocenters. The maximum absolute atomic E-state index is 13.5. The van der Waals surface area contributed by atoms with Gasteiger partial charge >= 0.3 is 10.1 Å². The molecule has 0 saturated heterocycles. The number of hydrogen-bond acceptors (Lipinski definition) is 5. The highest BCUT2D eigenvalue weighted by atomic mass is 32.2. The Bertz CT molecular complexity index is 645. The first-order chi connectivity index (χ1) is 9.59. The SMILES string of the molecule is CCP(=O)(COS(=O)(=O)c1cc(F)ccc1F)OC(C)C. The van der Waals surface area contributed by atoms with Crippen molar-refractivity contribution in [3.05, 3.63) is 29.8 Å². The van der Waals surface area contributed by atoms with E-state index in [2.05, 4.69) is 4.18 Å². The van der Waals surface area contributed by atoms with E-state index < -0.39 is 40.4 Å². The van der Waals surface area contributed by atoms with Crippen molar-refractivity contribution in [2.45, 2.75) is 31.8 Å². The molecule has 0 radical (unpaired) electrons. The minimum absolute atomic E-state index is 0.0618. The lowest BCUT2D eigenvalue weighted by atomic mass is 10.3. The summed E-state index contributed by atoms with van der Waals surface area (Å²) in [6.45, 7) is 4.84. The van der Waals surface area contributed by atoms with Crippen LogP contribution in [0.4, 0.5) is 8.78 Å². The number of hydrogen-bond donors (Lipinski definition) is 0. The van der Waals surface area contributed by atoms with Crippen LogP contribution in [-0.4, -0.2) is 27.0 Å². The third kappa shape index (κ3) is 5.14. The van der Waals surface area contributed by atoms with E-state index in [9.17, 15) is 21.8 Å². The molecule has 0 N–H and O–H groups in total. The minimum atomic E-state index is -4.56. The quantitative estimate of drug-likeness (QED) is 0.561. The molecular formula is C12H17F2O5PS. The Hall–Kier alpha value is -0.820. The third-order valence-corrected chi connectivity index (χ3v) is 6.20. The van der Waals surface area contributed by atoms with Crippen LogP contribution in [0.1, 0.15) is 20.8 Å². The first kappa shape index (κ1) is 18.2. The summed E-state index contributed by atoms with van der Waals surface area (Å²) in [6.07, 6.45) is -1.04. The van der Waals surface area contributed by atoms with Crippen LogP contribution < -0.4 is 0 Å². The molecule has 5 nitrogen and oxygen atoms in total. The van der Waals surface area contributed by atoms with Crippen molar-refractivity contribution in [1.82, 2.24) is 0 Å². The average Bonchev–Trinajstić information content (AvgIpc) is 2.38. The van der Waals surface area contributed by atoms with Gasteiger partial charge in [-0.25, -0.2) is 8.78 Å². The van der Waals surface area contributed by atoms with Crippen LogP contribution in [0.3, 0.4) is 0 Å². The molecule has 0 aliphatic carbocycles. The molecule has 1 aromatic rings. The highest BCUT2D eigenvalue weighted by molar-refractivity contribution is 7.87. The van der Waals surface area contributed by atoms with Crippen molar-refractivity contribution in [1.29, 1.82) is 0 Å². The maximum Gasteiger partial charge on any atom is 0.300 e. The van der Waals surface area contributed by atoms with E-state index in [1.165, 1.54) is 0 Å². The summed E-state index contributed by atoms with van der Waals surface area (Å²) in [5, 5.41) is 0. The molecule has 1 aromatic carbocycles. The van der Waals surface area contributed by atoms with Crippen LogP contribution in [-0.2, 0) is 23.4 Å². The van der Waals surface area contributed by atoms with Gasteiger partial charge in [0.2, 0.25) is 7.37 Å². The van der Waals surface area contributed by atoms with Gasteiger partial charge in [-0.15, -0.1) is 0 Å². The molecule has 0 amide bonds. The van der Waals surface area contributed by atoms with Crippen molar-refractivity contribution in [3.8, 4) is 0 Å². The van der Waals surface area contributed by atoms with Gasteiger partial charge < -0.3 is 4.52 Å². The fourth-order valence-electron chi connectivity index (χ4n) is 1.46. The van der Waals surface area contributed by atoms with Crippen LogP contribution in [0.25, 0.3) is 0 Å². The summed E-state index contributed by atoms with van der Waals surface area (Å²) in [6, 6.07) is 1.97. The smallest absolute Gasteiger partial charge is 0.300 e. The standard InChI is InChI=1S/C12H17F2O5PS/c1-4-20(15,19-9(2)3)8-18-21(16,17)12-7-10(13)5-6-11(12)14/h5-7,9H,4,8H2,1-3H3. The number of benzene rings is 1. The van der Waals surface area contributed by atoms with Crippen molar-refractivity contribution in [2.75, 3.05) is 12.5 Å². The van der Waals surface area contributed by atoms with Gasteiger partial charge in [0.1, 0.15) is 22.9 Å². The molecule has 0 heterocycles. The molecule has 0 fully saturated rings. The molecular weight excluding hydrogens is 325 g/mol. The Morgan fingerprint density at radius 3 is 2.43 bits per heavy atom. The summed E-state index contributed by atoms with van der Waals surface area (Å²) in [7, 11) is -7.88. The summed E-state index contributed by atoms with van der Waals surface area (Å²) >= 11 is 0. The highest BCUT2D eigenvalue weighted by Gasteiger charge is 2.28. The Kier molecular flexibility index (Phi) is 6.04. The van der Waals surface area contributed by atoms with Gasteiger partial charge in [-0.1, -0.05) is 6.92 Å². The predicted molar refractivity (Wildman–Crippen MR) is 73.9 cm³/mol. The van der Waals surface area contributed by atoms with E-state index in [0.717, 1.165) is 6.07 Å². The van der Waals surface area contributed by atoms with Crippen LogP contribution in [0.2, 0.25) is 0 Å². The Morgan fingerprint density at radius 1 is 1.29 bits per heavy atom. The molecule has 0 aliphatic heterocycles. The van der Waals surface area contributed by atoms with E-state index in [1.54, 1.807) is 20.8 Å². The highest BCUT2D eigenvalue weighted by Crippen LogP contribution is 2.48. The Morgan fingerprint density at radius 2 is 1.90 bits per heavy atom. The van der Waals surface area contributed by atoms with Crippen molar-refractivity contribution in [2.24, 2.45) is 0 Å². The van der Waals surface area contributed by atoms with Gasteiger partial charge in [-0.3, -0.25) is 8.75 Å². The van der Waals surface area contributed by atoms with Crippen LogP contribution in [0, 0.1) is 11.6 Å². The zero-order valence-electron chi connectivity index (χ0n) is 11.9. The Labute approximate surface area is 122 Å². The van der Waals surface area contributed by atoms with Crippen LogP contribution in [0.15, 0.2) is 23.1 Å². The molecule has 9 heteroatoms. The number of rotatable bonds is 7. The van der Waals surface area contributed by atoms with Gasteiger partial charge in [0.25, 0.3) is 0 Å². The zero-order chi connectivity index (χ0) is 16.3. The van der Waals surface area contributed by atoms with E-state index in [0.29, 0.717) is 12.1 Å². The zero-order valence-corrected chi connectivity index (χ0v) is 13.6. The second kappa shape index (κ2) is 6.96. The summed E-state index contributed by atoms with van der Waals surface area (Å²) in [4.78, 5) is -0.935. The molecule has 0 bridgehead atoms. The van der Waals surface area contributed by atoms with Crippen molar-refractivity contribution in [3.63, 3.8) is 0 Å². The van der Waals surface area contributed by atoms with E-state index >= 15 is 0 Å². The second-order valence-corrected chi connectivity index (χ2v) is 8.88. The average molecular weight is 342 g/mol. The second-order valence-electron chi connectivity index (χ2n) is 4.56. The van der Waals surface area contributed by atoms with E-state index in [4.69, 9.17) is 4.52 Å².